The Morgan fingerprint density at radius 1 is 0.297 bits per heavy atom. The van der Waals surface area contributed by atoms with E-state index in [9.17, 15) is 0 Å². The van der Waals surface area contributed by atoms with Gasteiger partial charge in [-0.15, -0.1) is 11.3 Å². The molecule has 174 valence electrons. The lowest BCUT2D eigenvalue weighted by Gasteiger charge is -2.12. The van der Waals surface area contributed by atoms with Crippen LogP contribution in [0.2, 0.25) is 0 Å². The summed E-state index contributed by atoms with van der Waals surface area (Å²) in [6.45, 7) is 0. The monoisotopic (exact) mass is 488 g/mol. The molecule has 0 unspecified atom stereocenters. The molecule has 7 aromatic rings. The van der Waals surface area contributed by atoms with E-state index < -0.39 is 0 Å². The van der Waals surface area contributed by atoms with Crippen LogP contribution in [0.1, 0.15) is 0 Å². The van der Waals surface area contributed by atoms with E-state index in [0.717, 1.165) is 0 Å². The SMILES string of the molecule is c1ccc(-c2ccccc2-c2sc(-c3ccccc3-c3cccc4ccccc34)c3ccccc23)cc1. The van der Waals surface area contributed by atoms with Crippen molar-refractivity contribution in [1.29, 1.82) is 0 Å². The largest absolute Gasteiger partial charge is 0.134 e. The Kier molecular flexibility index (Phi) is 5.42. The Bertz CT molecular complexity index is 1870. The van der Waals surface area contributed by atoms with Gasteiger partial charge in [-0.05, 0) is 33.0 Å². The first-order chi connectivity index (χ1) is 18.4. The van der Waals surface area contributed by atoms with Crippen molar-refractivity contribution < 1.29 is 0 Å². The summed E-state index contributed by atoms with van der Waals surface area (Å²) in [5, 5.41) is 5.16. The molecule has 0 aliphatic heterocycles. The molecule has 0 nitrogen and oxygen atoms in total. The van der Waals surface area contributed by atoms with Crippen LogP contribution in [0.15, 0.2) is 146 Å². The molecule has 0 spiro atoms. The van der Waals surface area contributed by atoms with Crippen molar-refractivity contribution in [2.75, 3.05) is 0 Å². The van der Waals surface area contributed by atoms with E-state index in [4.69, 9.17) is 0 Å². The summed E-state index contributed by atoms with van der Waals surface area (Å²) in [5.41, 5.74) is 7.62. The number of hydrogen-bond acceptors (Lipinski definition) is 1. The first-order valence-corrected chi connectivity index (χ1v) is 13.4. The number of thiophene rings is 1. The Hall–Kier alpha value is -4.46. The van der Waals surface area contributed by atoms with Crippen molar-refractivity contribution in [3.05, 3.63) is 146 Å². The molecule has 37 heavy (non-hydrogen) atoms. The third-order valence-corrected chi connectivity index (χ3v) is 8.42. The molecule has 0 amide bonds. The van der Waals surface area contributed by atoms with Crippen LogP contribution in [-0.4, -0.2) is 0 Å². The van der Waals surface area contributed by atoms with Gasteiger partial charge in [-0.2, -0.15) is 0 Å². The molecule has 0 N–H and O–H groups in total. The number of rotatable bonds is 4. The topological polar surface area (TPSA) is 0 Å². The molecular formula is C36H24S. The maximum Gasteiger partial charge on any atom is 0.0434 e. The Labute approximate surface area is 221 Å². The molecule has 0 atom stereocenters. The van der Waals surface area contributed by atoms with Gasteiger partial charge in [0.25, 0.3) is 0 Å². The highest BCUT2D eigenvalue weighted by Crippen LogP contribution is 2.49. The minimum absolute atomic E-state index is 1.24. The van der Waals surface area contributed by atoms with Crippen LogP contribution in [0, 0.1) is 0 Å². The molecule has 0 aliphatic rings. The summed E-state index contributed by atoms with van der Waals surface area (Å²) < 4.78 is 0. The highest BCUT2D eigenvalue weighted by molar-refractivity contribution is 7.21. The van der Waals surface area contributed by atoms with E-state index in [2.05, 4.69) is 146 Å². The van der Waals surface area contributed by atoms with Crippen molar-refractivity contribution in [3.63, 3.8) is 0 Å². The lowest BCUT2D eigenvalue weighted by Crippen LogP contribution is -1.85. The Morgan fingerprint density at radius 2 is 0.757 bits per heavy atom. The van der Waals surface area contributed by atoms with Gasteiger partial charge in [-0.25, -0.2) is 0 Å². The molecule has 1 heteroatoms. The van der Waals surface area contributed by atoms with Crippen molar-refractivity contribution in [2.24, 2.45) is 0 Å². The average Bonchev–Trinajstić information content (AvgIpc) is 3.37. The number of fused-ring (bicyclic) bond motifs is 2. The van der Waals surface area contributed by atoms with Gasteiger partial charge in [0.2, 0.25) is 0 Å². The summed E-state index contributed by atoms with van der Waals surface area (Å²) in [6, 6.07) is 52.5. The molecule has 1 aromatic heterocycles. The molecule has 0 aliphatic carbocycles. The van der Waals surface area contributed by atoms with Gasteiger partial charge in [0.1, 0.15) is 0 Å². The third-order valence-electron chi connectivity index (χ3n) is 7.13. The molecule has 7 rings (SSSR count). The van der Waals surface area contributed by atoms with Crippen molar-refractivity contribution >= 4 is 32.9 Å². The fraction of sp³-hybridized carbons (Fsp3) is 0. The first-order valence-electron chi connectivity index (χ1n) is 12.6. The van der Waals surface area contributed by atoms with E-state index in [1.54, 1.807) is 0 Å². The first kappa shape index (κ1) is 21.8. The second-order valence-corrected chi connectivity index (χ2v) is 10.3. The molecule has 1 heterocycles. The van der Waals surface area contributed by atoms with Crippen LogP contribution < -0.4 is 0 Å². The Balaban J connectivity index is 1.49. The number of benzene rings is 6. The van der Waals surface area contributed by atoms with Gasteiger partial charge in [-0.3, -0.25) is 0 Å². The fourth-order valence-corrected chi connectivity index (χ4v) is 6.77. The molecule has 0 saturated carbocycles. The van der Waals surface area contributed by atoms with Gasteiger partial charge in [-0.1, -0.05) is 146 Å². The second kappa shape index (κ2) is 9.20. The predicted octanol–water partition coefficient (Wildman–Crippen LogP) is 10.7. The number of hydrogen-bond donors (Lipinski definition) is 0. The molecule has 6 aromatic carbocycles. The average molecular weight is 489 g/mol. The molecule has 0 radical (unpaired) electrons. The molecule has 0 saturated heterocycles. The van der Waals surface area contributed by atoms with Crippen LogP contribution in [0.5, 0.6) is 0 Å². The quantitative estimate of drug-likeness (QED) is 0.231. The maximum absolute atomic E-state index is 2.28. The maximum atomic E-state index is 2.28. The summed E-state index contributed by atoms with van der Waals surface area (Å²) in [7, 11) is 0. The smallest absolute Gasteiger partial charge is 0.0434 e. The van der Waals surface area contributed by atoms with Gasteiger partial charge in [0, 0.05) is 31.7 Å². The standard InChI is InChI=1S/C36H24S/c1-2-13-25(14-3-1)28-18-6-8-20-31(28)35-33-22-10-11-23-34(33)36(37-35)32-21-9-7-19-30(32)29-24-12-16-26-15-4-5-17-27(26)29/h1-24H. The van der Waals surface area contributed by atoms with E-state index in [-0.39, 0.29) is 0 Å². The minimum atomic E-state index is 1.24. The van der Waals surface area contributed by atoms with Crippen LogP contribution in [0.4, 0.5) is 0 Å². The molecule has 0 fully saturated rings. The lowest BCUT2D eigenvalue weighted by molar-refractivity contribution is 1.62. The summed E-state index contributed by atoms with van der Waals surface area (Å²) in [5.74, 6) is 0. The van der Waals surface area contributed by atoms with Crippen molar-refractivity contribution in [3.8, 4) is 43.1 Å². The van der Waals surface area contributed by atoms with Gasteiger partial charge >= 0.3 is 0 Å². The predicted molar refractivity (Wildman–Crippen MR) is 161 cm³/mol. The Morgan fingerprint density at radius 3 is 1.46 bits per heavy atom. The third kappa shape index (κ3) is 3.76. The zero-order valence-corrected chi connectivity index (χ0v) is 21.1. The molecular weight excluding hydrogens is 464 g/mol. The second-order valence-electron chi connectivity index (χ2n) is 9.29. The summed E-state index contributed by atoms with van der Waals surface area (Å²) in [4.78, 5) is 2.63. The highest BCUT2D eigenvalue weighted by Gasteiger charge is 2.19. The summed E-state index contributed by atoms with van der Waals surface area (Å²) >= 11 is 1.90. The zero-order chi connectivity index (χ0) is 24.6. The summed E-state index contributed by atoms with van der Waals surface area (Å²) in [6.07, 6.45) is 0. The van der Waals surface area contributed by atoms with Crippen LogP contribution in [0.25, 0.3) is 64.7 Å². The normalized spacial score (nSPS) is 11.2. The van der Waals surface area contributed by atoms with Gasteiger partial charge in [0.05, 0.1) is 0 Å². The fourth-order valence-electron chi connectivity index (χ4n) is 5.42. The van der Waals surface area contributed by atoms with Crippen LogP contribution >= 0.6 is 11.3 Å². The van der Waals surface area contributed by atoms with E-state index in [1.807, 2.05) is 11.3 Å². The van der Waals surface area contributed by atoms with Crippen LogP contribution in [0.3, 0.4) is 0 Å². The highest BCUT2D eigenvalue weighted by atomic mass is 32.1. The van der Waals surface area contributed by atoms with Gasteiger partial charge in [0.15, 0.2) is 0 Å². The lowest BCUT2D eigenvalue weighted by atomic mass is 9.92. The van der Waals surface area contributed by atoms with Crippen LogP contribution in [-0.2, 0) is 0 Å². The van der Waals surface area contributed by atoms with Crippen molar-refractivity contribution in [2.45, 2.75) is 0 Å². The molecule has 0 bridgehead atoms. The minimum Gasteiger partial charge on any atom is -0.134 e. The van der Waals surface area contributed by atoms with Gasteiger partial charge < -0.3 is 0 Å². The van der Waals surface area contributed by atoms with Crippen molar-refractivity contribution in [1.82, 2.24) is 0 Å². The van der Waals surface area contributed by atoms with E-state index >= 15 is 0 Å². The zero-order valence-electron chi connectivity index (χ0n) is 20.3. The van der Waals surface area contributed by atoms with E-state index in [1.165, 1.54) is 64.7 Å². The van der Waals surface area contributed by atoms with E-state index in [0.29, 0.717) is 0 Å².